The SMILES string of the molecule is CCCCN(C(=O)CCC1Cc2ccccc2NC1=O)c1c(N)n(CCCC)c(=O)[nH]c1=O. The van der Waals surface area contributed by atoms with Crippen LogP contribution in [0.5, 0.6) is 0 Å². The van der Waals surface area contributed by atoms with Gasteiger partial charge >= 0.3 is 5.69 Å². The van der Waals surface area contributed by atoms with E-state index >= 15 is 0 Å². The second-order valence-corrected chi connectivity index (χ2v) is 8.48. The van der Waals surface area contributed by atoms with Crippen molar-refractivity contribution in [3.63, 3.8) is 0 Å². The molecule has 0 spiro atoms. The van der Waals surface area contributed by atoms with E-state index in [-0.39, 0.29) is 35.7 Å². The normalized spacial score (nSPS) is 15.1. The van der Waals surface area contributed by atoms with Crippen molar-refractivity contribution >= 4 is 29.0 Å². The van der Waals surface area contributed by atoms with Crippen molar-refractivity contribution in [3.05, 3.63) is 50.7 Å². The topological polar surface area (TPSA) is 130 Å². The number of amides is 2. The van der Waals surface area contributed by atoms with Crippen LogP contribution in [0.4, 0.5) is 17.2 Å². The minimum Gasteiger partial charge on any atom is -0.383 e. The van der Waals surface area contributed by atoms with Crippen LogP contribution in [0.15, 0.2) is 33.9 Å². The number of carbonyl (C=O) groups excluding carboxylic acids is 2. The van der Waals surface area contributed by atoms with E-state index in [2.05, 4.69) is 10.3 Å². The summed E-state index contributed by atoms with van der Waals surface area (Å²) in [6.07, 6.45) is 4.08. The molecule has 0 radical (unpaired) electrons. The largest absolute Gasteiger partial charge is 0.383 e. The van der Waals surface area contributed by atoms with Gasteiger partial charge in [-0.05, 0) is 37.3 Å². The average Bonchev–Trinajstić information content (AvgIpc) is 2.79. The van der Waals surface area contributed by atoms with Gasteiger partial charge in [0, 0.05) is 31.1 Å². The molecule has 178 valence electrons. The summed E-state index contributed by atoms with van der Waals surface area (Å²) in [6, 6.07) is 7.63. The number of unbranched alkanes of at least 4 members (excludes halogenated alkanes) is 2. The molecule has 2 amide bonds. The molecule has 0 aliphatic carbocycles. The highest BCUT2D eigenvalue weighted by atomic mass is 16.2. The lowest BCUT2D eigenvalue weighted by atomic mass is 9.89. The third-order valence-electron chi connectivity index (χ3n) is 6.07. The minimum atomic E-state index is -0.668. The van der Waals surface area contributed by atoms with Crippen molar-refractivity contribution in [2.24, 2.45) is 5.92 Å². The van der Waals surface area contributed by atoms with Crippen molar-refractivity contribution in [3.8, 4) is 0 Å². The number of nitrogens with two attached hydrogens (primary N) is 1. The molecule has 3 rings (SSSR count). The molecular weight excluding hydrogens is 422 g/mol. The van der Waals surface area contributed by atoms with Crippen LogP contribution in [0.1, 0.15) is 57.9 Å². The van der Waals surface area contributed by atoms with Crippen molar-refractivity contribution in [2.45, 2.75) is 65.3 Å². The van der Waals surface area contributed by atoms with E-state index in [9.17, 15) is 19.2 Å². The second-order valence-electron chi connectivity index (χ2n) is 8.48. The maximum absolute atomic E-state index is 13.3. The van der Waals surface area contributed by atoms with Gasteiger partial charge in [-0.2, -0.15) is 0 Å². The Morgan fingerprint density at radius 2 is 1.88 bits per heavy atom. The number of aromatic amines is 1. The smallest absolute Gasteiger partial charge is 0.330 e. The molecule has 0 saturated carbocycles. The number of anilines is 3. The molecule has 1 aliphatic heterocycles. The highest BCUT2D eigenvalue weighted by Gasteiger charge is 2.29. The highest BCUT2D eigenvalue weighted by molar-refractivity contribution is 5.98. The molecule has 33 heavy (non-hydrogen) atoms. The molecule has 1 unspecified atom stereocenters. The van der Waals surface area contributed by atoms with E-state index in [4.69, 9.17) is 5.73 Å². The molecule has 2 heterocycles. The number of hydrogen-bond acceptors (Lipinski definition) is 5. The predicted octanol–water partition coefficient (Wildman–Crippen LogP) is 2.64. The number of nitrogens with zero attached hydrogens (tertiary/aromatic N) is 2. The van der Waals surface area contributed by atoms with Gasteiger partial charge in [-0.25, -0.2) is 4.79 Å². The van der Waals surface area contributed by atoms with Crippen LogP contribution in [-0.4, -0.2) is 27.9 Å². The van der Waals surface area contributed by atoms with Crippen molar-refractivity contribution in [1.82, 2.24) is 9.55 Å². The number of nitrogen functional groups attached to an aromatic ring is 1. The standard InChI is InChI=1S/C24H33N5O4/c1-3-5-13-28(20-21(25)29(14-6-4-2)24(33)27-23(20)32)19(30)12-11-17-15-16-9-7-8-10-18(16)26-22(17)31/h7-10,17H,3-6,11-15,25H2,1-2H3,(H,26,31)(H,27,32,33). The first-order valence-electron chi connectivity index (χ1n) is 11.7. The summed E-state index contributed by atoms with van der Waals surface area (Å²) in [6.45, 7) is 4.66. The quantitative estimate of drug-likeness (QED) is 0.507. The van der Waals surface area contributed by atoms with Gasteiger partial charge in [-0.1, -0.05) is 44.9 Å². The number of aromatic nitrogens is 2. The monoisotopic (exact) mass is 455 g/mol. The number of hydrogen-bond donors (Lipinski definition) is 3. The zero-order chi connectivity index (χ0) is 24.0. The van der Waals surface area contributed by atoms with Crippen LogP contribution < -0.4 is 27.2 Å². The zero-order valence-electron chi connectivity index (χ0n) is 19.4. The Morgan fingerprint density at radius 1 is 1.15 bits per heavy atom. The highest BCUT2D eigenvalue weighted by Crippen LogP contribution is 2.28. The van der Waals surface area contributed by atoms with Gasteiger partial charge in [0.2, 0.25) is 11.8 Å². The first-order valence-corrected chi connectivity index (χ1v) is 11.7. The summed E-state index contributed by atoms with van der Waals surface area (Å²) in [7, 11) is 0. The molecule has 0 saturated heterocycles. The van der Waals surface area contributed by atoms with Crippen LogP contribution >= 0.6 is 0 Å². The Labute approximate surface area is 193 Å². The molecular formula is C24H33N5O4. The number of para-hydroxylation sites is 1. The van der Waals surface area contributed by atoms with Crippen LogP contribution in [0, 0.1) is 5.92 Å². The first-order chi connectivity index (χ1) is 15.9. The van der Waals surface area contributed by atoms with Gasteiger partial charge in [0.05, 0.1) is 0 Å². The lowest BCUT2D eigenvalue weighted by molar-refractivity contribution is -0.121. The maximum atomic E-state index is 13.3. The molecule has 0 fully saturated rings. The molecule has 9 nitrogen and oxygen atoms in total. The van der Waals surface area contributed by atoms with Crippen LogP contribution in [0.25, 0.3) is 0 Å². The number of carbonyl (C=O) groups is 2. The number of benzene rings is 1. The Balaban J connectivity index is 1.82. The average molecular weight is 456 g/mol. The molecule has 1 atom stereocenters. The van der Waals surface area contributed by atoms with Gasteiger partial charge in [0.15, 0.2) is 5.69 Å². The summed E-state index contributed by atoms with van der Waals surface area (Å²) in [5.41, 5.74) is 6.86. The lowest BCUT2D eigenvalue weighted by Crippen LogP contribution is -2.42. The van der Waals surface area contributed by atoms with E-state index in [0.717, 1.165) is 30.5 Å². The number of rotatable bonds is 10. The van der Waals surface area contributed by atoms with Crippen LogP contribution in [0.2, 0.25) is 0 Å². The van der Waals surface area contributed by atoms with Crippen molar-refractivity contribution in [1.29, 1.82) is 0 Å². The second kappa shape index (κ2) is 11.0. The Morgan fingerprint density at radius 3 is 2.61 bits per heavy atom. The first kappa shape index (κ1) is 24.3. The molecule has 9 heteroatoms. The molecule has 2 aromatic rings. The molecule has 0 bridgehead atoms. The van der Waals surface area contributed by atoms with Gasteiger partial charge in [0.1, 0.15) is 5.82 Å². The fourth-order valence-corrected chi connectivity index (χ4v) is 4.13. The molecule has 1 aromatic heterocycles. The molecule has 4 N–H and O–H groups in total. The zero-order valence-corrected chi connectivity index (χ0v) is 19.4. The third kappa shape index (κ3) is 5.53. The fraction of sp³-hybridized carbons (Fsp3) is 0.500. The number of fused-ring (bicyclic) bond motifs is 1. The molecule has 1 aromatic carbocycles. The predicted molar refractivity (Wildman–Crippen MR) is 129 cm³/mol. The number of H-pyrrole nitrogens is 1. The van der Waals surface area contributed by atoms with Crippen molar-refractivity contribution < 1.29 is 9.59 Å². The van der Waals surface area contributed by atoms with Gasteiger partial charge in [-0.3, -0.25) is 23.9 Å². The van der Waals surface area contributed by atoms with E-state index in [1.54, 1.807) is 0 Å². The summed E-state index contributed by atoms with van der Waals surface area (Å²) in [5, 5.41) is 2.90. The Bertz CT molecular complexity index is 1120. The van der Waals surface area contributed by atoms with E-state index in [0.29, 0.717) is 32.4 Å². The minimum absolute atomic E-state index is 0.00555. The van der Waals surface area contributed by atoms with E-state index < -0.39 is 11.2 Å². The Hall–Kier alpha value is -3.36. The van der Waals surface area contributed by atoms with Crippen molar-refractivity contribution in [2.75, 3.05) is 22.5 Å². The third-order valence-corrected chi connectivity index (χ3v) is 6.07. The summed E-state index contributed by atoms with van der Waals surface area (Å²) < 4.78 is 1.32. The van der Waals surface area contributed by atoms with E-state index in [1.807, 2.05) is 38.1 Å². The summed E-state index contributed by atoms with van der Waals surface area (Å²) in [4.78, 5) is 54.4. The van der Waals surface area contributed by atoms with Gasteiger partial charge in [0.25, 0.3) is 5.56 Å². The van der Waals surface area contributed by atoms with Gasteiger partial charge < -0.3 is 16.0 Å². The molecule has 1 aliphatic rings. The van der Waals surface area contributed by atoms with Gasteiger partial charge in [-0.15, -0.1) is 0 Å². The van der Waals surface area contributed by atoms with Crippen LogP contribution in [-0.2, 0) is 22.6 Å². The maximum Gasteiger partial charge on any atom is 0.330 e. The summed E-state index contributed by atoms with van der Waals surface area (Å²) >= 11 is 0. The number of nitrogens with one attached hydrogen (secondary N) is 2. The Kier molecular flexibility index (Phi) is 8.08. The van der Waals surface area contributed by atoms with Crippen LogP contribution in [0.3, 0.4) is 0 Å². The van der Waals surface area contributed by atoms with E-state index in [1.165, 1.54) is 9.47 Å². The fourth-order valence-electron chi connectivity index (χ4n) is 4.13. The lowest BCUT2D eigenvalue weighted by Gasteiger charge is -2.27. The summed E-state index contributed by atoms with van der Waals surface area (Å²) in [5.74, 6) is -0.711.